The van der Waals surface area contributed by atoms with Crippen molar-refractivity contribution in [3.63, 3.8) is 0 Å². The van der Waals surface area contributed by atoms with Crippen molar-refractivity contribution < 1.29 is 4.52 Å². The number of nitrogen functional groups attached to an aromatic ring is 1. The number of nitrogens with zero attached hydrogens (tertiary/aromatic N) is 1. The fourth-order valence-electron chi connectivity index (χ4n) is 5.04. The Kier molecular flexibility index (Phi) is 1.60. The monoisotopic (exact) mass is 218 g/mol. The maximum absolute atomic E-state index is 6.01. The molecule has 4 aliphatic rings. The van der Waals surface area contributed by atoms with Crippen molar-refractivity contribution in [3.8, 4) is 0 Å². The van der Waals surface area contributed by atoms with Crippen LogP contribution >= 0.6 is 0 Å². The van der Waals surface area contributed by atoms with Gasteiger partial charge in [0.15, 0.2) is 5.76 Å². The molecule has 16 heavy (non-hydrogen) atoms. The number of hydrogen-bond acceptors (Lipinski definition) is 3. The third-order valence-electron chi connectivity index (χ3n) is 5.12. The molecule has 1 aromatic heterocycles. The standard InChI is InChI=1S/C13H18N2O/c14-11-7-15-16-12(11)13-4-8-1-9(5-13)3-10(2-8)6-13/h7-10H,1-6,14H2. The summed E-state index contributed by atoms with van der Waals surface area (Å²) >= 11 is 0. The highest BCUT2D eigenvalue weighted by Gasteiger charge is 2.54. The number of nitrogens with two attached hydrogens (primary N) is 1. The molecule has 3 nitrogen and oxygen atoms in total. The molecule has 3 heteroatoms. The molecule has 4 aliphatic carbocycles. The lowest BCUT2D eigenvalue weighted by Gasteiger charge is -2.55. The van der Waals surface area contributed by atoms with Gasteiger partial charge in [-0.3, -0.25) is 0 Å². The Bertz CT molecular complexity index is 388. The minimum atomic E-state index is 0.259. The summed E-state index contributed by atoms with van der Waals surface area (Å²) in [5.41, 5.74) is 7.04. The van der Waals surface area contributed by atoms with Gasteiger partial charge in [0.1, 0.15) is 0 Å². The molecule has 0 unspecified atom stereocenters. The Balaban J connectivity index is 1.79. The Morgan fingerprint density at radius 3 is 2.12 bits per heavy atom. The second-order valence-electron chi connectivity index (χ2n) is 6.31. The first-order chi connectivity index (χ1) is 7.75. The van der Waals surface area contributed by atoms with E-state index in [1.807, 2.05) is 0 Å². The topological polar surface area (TPSA) is 52.0 Å². The summed E-state index contributed by atoms with van der Waals surface area (Å²) in [7, 11) is 0. The summed E-state index contributed by atoms with van der Waals surface area (Å²) in [6, 6.07) is 0. The zero-order valence-electron chi connectivity index (χ0n) is 9.48. The summed E-state index contributed by atoms with van der Waals surface area (Å²) in [6.45, 7) is 0. The molecular formula is C13H18N2O. The largest absolute Gasteiger partial charge is 0.395 e. The van der Waals surface area contributed by atoms with Gasteiger partial charge in [0.2, 0.25) is 0 Å². The summed E-state index contributed by atoms with van der Waals surface area (Å²) < 4.78 is 5.47. The van der Waals surface area contributed by atoms with Gasteiger partial charge < -0.3 is 10.3 Å². The van der Waals surface area contributed by atoms with E-state index in [0.717, 1.165) is 29.2 Å². The molecule has 0 saturated heterocycles. The lowest BCUT2D eigenvalue weighted by atomic mass is 9.49. The van der Waals surface area contributed by atoms with Crippen molar-refractivity contribution >= 4 is 5.69 Å². The van der Waals surface area contributed by atoms with Gasteiger partial charge >= 0.3 is 0 Å². The van der Waals surface area contributed by atoms with Crippen molar-refractivity contribution in [2.45, 2.75) is 43.9 Å². The van der Waals surface area contributed by atoms with Gasteiger partial charge in [-0.05, 0) is 56.3 Å². The Hall–Kier alpha value is -0.990. The molecule has 4 saturated carbocycles. The normalized spacial score (nSPS) is 45.1. The van der Waals surface area contributed by atoms with Gasteiger partial charge in [0.25, 0.3) is 0 Å². The molecule has 4 bridgehead atoms. The summed E-state index contributed by atoms with van der Waals surface area (Å²) in [5, 5.41) is 3.88. The summed E-state index contributed by atoms with van der Waals surface area (Å²) in [5.74, 6) is 3.79. The van der Waals surface area contributed by atoms with E-state index in [1.165, 1.54) is 38.5 Å². The van der Waals surface area contributed by atoms with E-state index in [9.17, 15) is 0 Å². The van der Waals surface area contributed by atoms with E-state index in [2.05, 4.69) is 5.16 Å². The molecular weight excluding hydrogens is 200 g/mol. The lowest BCUT2D eigenvalue weighted by Crippen LogP contribution is -2.48. The molecule has 0 amide bonds. The summed E-state index contributed by atoms with van der Waals surface area (Å²) in [4.78, 5) is 0. The summed E-state index contributed by atoms with van der Waals surface area (Å²) in [6.07, 6.45) is 9.90. The van der Waals surface area contributed by atoms with Crippen LogP contribution in [0, 0.1) is 17.8 Å². The van der Waals surface area contributed by atoms with Crippen molar-refractivity contribution in [3.05, 3.63) is 12.0 Å². The van der Waals surface area contributed by atoms with E-state index in [-0.39, 0.29) is 5.41 Å². The van der Waals surface area contributed by atoms with Gasteiger partial charge in [-0.1, -0.05) is 5.16 Å². The molecule has 1 aromatic rings. The molecule has 0 atom stereocenters. The van der Waals surface area contributed by atoms with Gasteiger partial charge in [-0.15, -0.1) is 0 Å². The highest BCUT2D eigenvalue weighted by Crippen LogP contribution is 2.61. The molecule has 0 aromatic carbocycles. The lowest BCUT2D eigenvalue weighted by molar-refractivity contribution is -0.0171. The average Bonchev–Trinajstić information content (AvgIpc) is 2.62. The minimum absolute atomic E-state index is 0.259. The first kappa shape index (κ1) is 9.08. The highest BCUT2D eigenvalue weighted by atomic mass is 16.5. The minimum Gasteiger partial charge on any atom is -0.395 e. The van der Waals surface area contributed by atoms with Crippen molar-refractivity contribution in [1.29, 1.82) is 0 Å². The van der Waals surface area contributed by atoms with Crippen LogP contribution in [0.3, 0.4) is 0 Å². The smallest absolute Gasteiger partial charge is 0.165 e. The molecule has 0 spiro atoms. The Morgan fingerprint density at radius 2 is 1.69 bits per heavy atom. The van der Waals surface area contributed by atoms with Crippen LogP contribution in [-0.4, -0.2) is 5.16 Å². The molecule has 2 N–H and O–H groups in total. The van der Waals surface area contributed by atoms with E-state index in [4.69, 9.17) is 10.3 Å². The van der Waals surface area contributed by atoms with Gasteiger partial charge in [0, 0.05) is 5.41 Å². The molecule has 0 aliphatic heterocycles. The third kappa shape index (κ3) is 1.06. The van der Waals surface area contributed by atoms with E-state index in [1.54, 1.807) is 6.20 Å². The predicted molar refractivity (Wildman–Crippen MR) is 60.8 cm³/mol. The van der Waals surface area contributed by atoms with Crippen LogP contribution in [0.1, 0.15) is 44.3 Å². The van der Waals surface area contributed by atoms with Crippen LogP contribution in [0.5, 0.6) is 0 Å². The quantitative estimate of drug-likeness (QED) is 0.788. The molecule has 0 radical (unpaired) electrons. The number of anilines is 1. The Morgan fingerprint density at radius 1 is 1.12 bits per heavy atom. The van der Waals surface area contributed by atoms with Crippen LogP contribution in [0.2, 0.25) is 0 Å². The molecule has 4 fully saturated rings. The fourth-order valence-corrected chi connectivity index (χ4v) is 5.04. The van der Waals surface area contributed by atoms with E-state index < -0.39 is 0 Å². The van der Waals surface area contributed by atoms with Gasteiger partial charge in [-0.25, -0.2) is 0 Å². The first-order valence-corrected chi connectivity index (χ1v) is 6.46. The Labute approximate surface area is 95.4 Å². The van der Waals surface area contributed by atoms with Crippen LogP contribution < -0.4 is 5.73 Å². The van der Waals surface area contributed by atoms with Gasteiger partial charge in [-0.2, -0.15) is 0 Å². The number of hydrogen-bond donors (Lipinski definition) is 1. The van der Waals surface area contributed by atoms with Crippen LogP contribution in [0.4, 0.5) is 5.69 Å². The maximum atomic E-state index is 6.01. The zero-order valence-corrected chi connectivity index (χ0v) is 9.48. The fraction of sp³-hybridized carbons (Fsp3) is 0.769. The van der Waals surface area contributed by atoms with E-state index >= 15 is 0 Å². The van der Waals surface area contributed by atoms with Crippen molar-refractivity contribution in [2.24, 2.45) is 17.8 Å². The SMILES string of the molecule is Nc1cnoc1C12CC3CC(CC(C3)C1)C2. The highest BCUT2D eigenvalue weighted by molar-refractivity contribution is 5.44. The van der Waals surface area contributed by atoms with Crippen LogP contribution in [0.15, 0.2) is 10.7 Å². The maximum Gasteiger partial charge on any atom is 0.165 e. The third-order valence-corrected chi connectivity index (χ3v) is 5.12. The van der Waals surface area contributed by atoms with Crippen LogP contribution in [0.25, 0.3) is 0 Å². The van der Waals surface area contributed by atoms with Gasteiger partial charge in [0.05, 0.1) is 11.9 Å². The van der Waals surface area contributed by atoms with E-state index in [0.29, 0.717) is 0 Å². The van der Waals surface area contributed by atoms with Crippen molar-refractivity contribution in [2.75, 3.05) is 5.73 Å². The first-order valence-electron chi connectivity index (χ1n) is 6.46. The predicted octanol–water partition coefficient (Wildman–Crippen LogP) is 2.72. The van der Waals surface area contributed by atoms with Crippen LogP contribution in [-0.2, 0) is 5.41 Å². The second kappa shape index (κ2) is 2.82. The number of aromatic nitrogens is 1. The second-order valence-corrected chi connectivity index (χ2v) is 6.31. The van der Waals surface area contributed by atoms with Crippen molar-refractivity contribution in [1.82, 2.24) is 5.16 Å². The average molecular weight is 218 g/mol. The zero-order chi connectivity index (χ0) is 10.8. The molecule has 86 valence electrons. The molecule has 5 rings (SSSR count). The molecule has 1 heterocycles. The number of rotatable bonds is 1.